The van der Waals surface area contributed by atoms with Crippen LogP contribution in [0.3, 0.4) is 0 Å². The number of unbranched alkanes of at least 4 members (excludes halogenated alkanes) is 1. The first-order chi connectivity index (χ1) is 11.6. The van der Waals surface area contributed by atoms with E-state index in [1.165, 1.54) is 0 Å². The van der Waals surface area contributed by atoms with Crippen molar-refractivity contribution in [3.05, 3.63) is 70.2 Å². The second kappa shape index (κ2) is 9.33. The van der Waals surface area contributed by atoms with E-state index in [-0.39, 0.29) is 12.5 Å². The number of rotatable bonds is 9. The van der Waals surface area contributed by atoms with Gasteiger partial charge in [0.1, 0.15) is 0 Å². The second-order valence-electron chi connectivity index (χ2n) is 6.25. The normalized spacial score (nSPS) is 15.0. The van der Waals surface area contributed by atoms with Gasteiger partial charge in [-0.05, 0) is 49.6 Å². The van der Waals surface area contributed by atoms with Crippen molar-refractivity contribution in [2.45, 2.75) is 31.3 Å². The summed E-state index contributed by atoms with van der Waals surface area (Å²) in [5.74, 6) is -0.0611. The van der Waals surface area contributed by atoms with Crippen LogP contribution in [-0.2, 0) is 5.60 Å². The lowest BCUT2D eigenvalue weighted by molar-refractivity contribution is 0.0263. The maximum atomic E-state index is 11.3. The number of hydrogen-bond donors (Lipinski definition) is 3. The smallest absolute Gasteiger partial charge is 0.0948 e. The van der Waals surface area contributed by atoms with Crippen LogP contribution in [0.25, 0.3) is 0 Å². The van der Waals surface area contributed by atoms with E-state index in [4.69, 9.17) is 5.11 Å². The van der Waals surface area contributed by atoms with Crippen molar-refractivity contribution >= 4 is 15.9 Å². The van der Waals surface area contributed by atoms with Crippen LogP contribution >= 0.6 is 15.9 Å². The molecule has 130 valence electrons. The summed E-state index contributed by atoms with van der Waals surface area (Å²) in [7, 11) is 0. The zero-order valence-electron chi connectivity index (χ0n) is 14.1. The van der Waals surface area contributed by atoms with E-state index in [1.807, 2.05) is 49.4 Å². The summed E-state index contributed by atoms with van der Waals surface area (Å²) in [5.41, 5.74) is 1.03. The van der Waals surface area contributed by atoms with Gasteiger partial charge in [0.15, 0.2) is 0 Å². The molecule has 4 heteroatoms. The molecule has 0 radical (unpaired) electrons. The Labute approximate surface area is 152 Å². The van der Waals surface area contributed by atoms with Gasteiger partial charge >= 0.3 is 0 Å². The maximum Gasteiger partial charge on any atom is 0.0948 e. The molecule has 0 aliphatic heterocycles. The predicted molar refractivity (Wildman–Crippen MR) is 102 cm³/mol. The van der Waals surface area contributed by atoms with Gasteiger partial charge in [0, 0.05) is 23.5 Å². The Hall–Kier alpha value is -1.20. The van der Waals surface area contributed by atoms with E-state index in [9.17, 15) is 5.11 Å². The molecule has 0 spiro atoms. The van der Waals surface area contributed by atoms with E-state index in [0.29, 0.717) is 6.54 Å². The third-order valence-electron chi connectivity index (χ3n) is 4.42. The number of hydrogen-bond acceptors (Lipinski definition) is 3. The van der Waals surface area contributed by atoms with Crippen LogP contribution < -0.4 is 5.32 Å². The number of benzene rings is 2. The van der Waals surface area contributed by atoms with Crippen molar-refractivity contribution < 1.29 is 10.2 Å². The summed E-state index contributed by atoms with van der Waals surface area (Å²) in [6.07, 6.45) is 1.73. The molecule has 0 amide bonds. The van der Waals surface area contributed by atoms with Crippen LogP contribution in [0.4, 0.5) is 0 Å². The number of aliphatic hydroxyl groups is 2. The Morgan fingerprint density at radius 3 is 2.33 bits per heavy atom. The quantitative estimate of drug-likeness (QED) is 0.569. The van der Waals surface area contributed by atoms with Gasteiger partial charge in [0.05, 0.1) is 5.60 Å². The van der Waals surface area contributed by atoms with Crippen molar-refractivity contribution in [1.82, 2.24) is 5.32 Å². The van der Waals surface area contributed by atoms with Crippen molar-refractivity contribution in [2.75, 3.05) is 19.7 Å². The van der Waals surface area contributed by atoms with Gasteiger partial charge in [0.25, 0.3) is 0 Å². The monoisotopic (exact) mass is 391 g/mol. The van der Waals surface area contributed by atoms with E-state index < -0.39 is 5.60 Å². The zero-order valence-corrected chi connectivity index (χ0v) is 15.7. The van der Waals surface area contributed by atoms with Gasteiger partial charge in [-0.15, -0.1) is 0 Å². The highest BCUT2D eigenvalue weighted by Crippen LogP contribution is 2.36. The fourth-order valence-electron chi connectivity index (χ4n) is 2.92. The van der Waals surface area contributed by atoms with E-state index in [1.54, 1.807) is 0 Å². The predicted octanol–water partition coefficient (Wildman–Crippen LogP) is 3.80. The molecule has 2 rings (SSSR count). The first-order valence-electron chi connectivity index (χ1n) is 8.40. The van der Waals surface area contributed by atoms with Crippen LogP contribution in [-0.4, -0.2) is 29.9 Å². The fourth-order valence-corrected chi connectivity index (χ4v) is 3.19. The number of nitrogens with one attached hydrogen (secondary N) is 1. The molecule has 3 nitrogen and oxygen atoms in total. The van der Waals surface area contributed by atoms with Gasteiger partial charge in [-0.25, -0.2) is 0 Å². The molecule has 0 aromatic heterocycles. The van der Waals surface area contributed by atoms with E-state index in [0.717, 1.165) is 35.0 Å². The lowest BCUT2D eigenvalue weighted by Crippen LogP contribution is -2.37. The lowest BCUT2D eigenvalue weighted by atomic mass is 9.78. The maximum absolute atomic E-state index is 11.3. The molecule has 0 saturated carbocycles. The summed E-state index contributed by atoms with van der Waals surface area (Å²) >= 11 is 3.45. The Morgan fingerprint density at radius 1 is 1.04 bits per heavy atom. The van der Waals surface area contributed by atoms with Crippen LogP contribution in [0, 0.1) is 0 Å². The molecule has 0 heterocycles. The molecule has 3 N–H and O–H groups in total. The molecule has 0 unspecified atom stereocenters. The van der Waals surface area contributed by atoms with Crippen LogP contribution in [0.5, 0.6) is 0 Å². The molecule has 2 aromatic carbocycles. The highest BCUT2D eigenvalue weighted by molar-refractivity contribution is 9.10. The largest absolute Gasteiger partial charge is 0.396 e. The summed E-state index contributed by atoms with van der Waals surface area (Å²) in [4.78, 5) is 0. The Bertz CT molecular complexity index is 599. The van der Waals surface area contributed by atoms with Crippen molar-refractivity contribution in [3.8, 4) is 0 Å². The summed E-state index contributed by atoms with van der Waals surface area (Å²) < 4.78 is 1.00. The first kappa shape index (κ1) is 19.1. The SMILES string of the molecule is C[C@](O)(c1ccc(Br)cc1)[C@@H](CNCCCCO)c1ccccc1. The van der Waals surface area contributed by atoms with Crippen LogP contribution in [0.15, 0.2) is 59.1 Å². The topological polar surface area (TPSA) is 52.5 Å². The first-order valence-corrected chi connectivity index (χ1v) is 9.20. The molecular weight excluding hydrogens is 366 g/mol. The van der Waals surface area contributed by atoms with Gasteiger partial charge < -0.3 is 15.5 Å². The molecule has 0 fully saturated rings. The van der Waals surface area contributed by atoms with Crippen LogP contribution in [0.2, 0.25) is 0 Å². The molecule has 24 heavy (non-hydrogen) atoms. The van der Waals surface area contributed by atoms with Crippen LogP contribution in [0.1, 0.15) is 36.8 Å². The Balaban J connectivity index is 2.19. The average molecular weight is 392 g/mol. The van der Waals surface area contributed by atoms with Crippen molar-refractivity contribution in [2.24, 2.45) is 0 Å². The van der Waals surface area contributed by atoms with Crippen molar-refractivity contribution in [3.63, 3.8) is 0 Å². The van der Waals surface area contributed by atoms with Gasteiger partial charge in [0.2, 0.25) is 0 Å². The molecule has 0 bridgehead atoms. The Kier molecular flexibility index (Phi) is 7.43. The minimum Gasteiger partial charge on any atom is -0.396 e. The Morgan fingerprint density at radius 2 is 1.71 bits per heavy atom. The lowest BCUT2D eigenvalue weighted by Gasteiger charge is -2.34. The molecule has 2 aromatic rings. The third kappa shape index (κ3) is 5.15. The number of aliphatic hydroxyl groups excluding tert-OH is 1. The van der Waals surface area contributed by atoms with Gasteiger partial charge in [-0.3, -0.25) is 0 Å². The second-order valence-corrected chi connectivity index (χ2v) is 7.17. The number of halogens is 1. The standard InChI is InChI=1S/C20H26BrNO2/c1-20(24,17-9-11-18(21)12-10-17)19(15-22-13-5-6-14-23)16-7-3-2-4-8-16/h2-4,7-12,19,22-24H,5-6,13-15H2,1H3/t19-,20-/m0/s1. The molecule has 2 atom stereocenters. The minimum absolute atomic E-state index is 0.0611. The van der Waals surface area contributed by atoms with E-state index in [2.05, 4.69) is 33.4 Å². The zero-order chi connectivity index (χ0) is 17.4. The summed E-state index contributed by atoms with van der Waals surface area (Å²) in [6.45, 7) is 3.61. The summed E-state index contributed by atoms with van der Waals surface area (Å²) in [5, 5.41) is 23.6. The average Bonchev–Trinajstić information content (AvgIpc) is 2.59. The van der Waals surface area contributed by atoms with Gasteiger partial charge in [-0.1, -0.05) is 58.4 Å². The van der Waals surface area contributed by atoms with E-state index >= 15 is 0 Å². The van der Waals surface area contributed by atoms with Crippen molar-refractivity contribution in [1.29, 1.82) is 0 Å². The summed E-state index contributed by atoms with van der Waals surface area (Å²) in [6, 6.07) is 18.0. The fraction of sp³-hybridized carbons (Fsp3) is 0.400. The minimum atomic E-state index is -0.980. The molecule has 0 saturated heterocycles. The highest BCUT2D eigenvalue weighted by atomic mass is 79.9. The highest BCUT2D eigenvalue weighted by Gasteiger charge is 2.34. The molecule has 0 aliphatic carbocycles. The third-order valence-corrected chi connectivity index (χ3v) is 4.95. The molecule has 0 aliphatic rings. The molecular formula is C20H26BrNO2. The van der Waals surface area contributed by atoms with Gasteiger partial charge in [-0.2, -0.15) is 0 Å².